The summed E-state index contributed by atoms with van der Waals surface area (Å²) in [6, 6.07) is 7.65. The second-order valence-electron chi connectivity index (χ2n) is 8.20. The van der Waals surface area contributed by atoms with Crippen LogP contribution in [-0.4, -0.2) is 27.3 Å². The number of aliphatic imine (C=N–C) groups is 1. The van der Waals surface area contributed by atoms with Crippen LogP contribution in [0.4, 0.5) is 11.6 Å². The van der Waals surface area contributed by atoms with Gasteiger partial charge in [-0.25, -0.2) is 9.97 Å². The highest BCUT2D eigenvalue weighted by atomic mass is 16.5. The zero-order chi connectivity index (χ0) is 20.4. The van der Waals surface area contributed by atoms with Crippen molar-refractivity contribution >= 4 is 17.9 Å². The van der Waals surface area contributed by atoms with Gasteiger partial charge in [0.05, 0.1) is 23.6 Å². The third-order valence-electron chi connectivity index (χ3n) is 4.94. The van der Waals surface area contributed by atoms with Gasteiger partial charge in [0.2, 0.25) is 0 Å². The smallest absolute Gasteiger partial charge is 0.164 e. The number of aromatic nitrogens is 2. The van der Waals surface area contributed by atoms with Crippen molar-refractivity contribution in [3.63, 3.8) is 0 Å². The SMILES string of the molecule is CC(C)(O)c1ccc(Nc2cc(OC(C=NC3CC3)=C(N)C3CC3)ccn2)nc1. The van der Waals surface area contributed by atoms with Crippen molar-refractivity contribution in [1.29, 1.82) is 0 Å². The number of nitrogens with two attached hydrogens (primary N) is 1. The maximum atomic E-state index is 10.0. The van der Waals surface area contributed by atoms with Gasteiger partial charge in [-0.3, -0.25) is 4.99 Å². The molecule has 0 atom stereocenters. The van der Waals surface area contributed by atoms with E-state index in [2.05, 4.69) is 20.3 Å². The minimum Gasteiger partial charge on any atom is -0.454 e. The molecule has 0 bridgehead atoms. The predicted octanol–water partition coefficient (Wildman–Crippen LogP) is 3.64. The summed E-state index contributed by atoms with van der Waals surface area (Å²) in [5.41, 5.74) is 6.88. The molecule has 4 N–H and O–H groups in total. The van der Waals surface area contributed by atoms with Crippen LogP contribution in [0.15, 0.2) is 53.1 Å². The number of allylic oxidation sites excluding steroid dienone is 2. The number of nitrogens with zero attached hydrogens (tertiary/aromatic N) is 3. The molecule has 2 heterocycles. The summed E-state index contributed by atoms with van der Waals surface area (Å²) in [7, 11) is 0. The number of nitrogens with one attached hydrogen (secondary N) is 1. The number of rotatable bonds is 8. The van der Waals surface area contributed by atoms with Crippen LogP contribution in [0.1, 0.15) is 45.1 Å². The van der Waals surface area contributed by atoms with Crippen molar-refractivity contribution in [3.05, 3.63) is 53.7 Å². The fourth-order valence-electron chi connectivity index (χ4n) is 2.78. The van der Waals surface area contributed by atoms with E-state index in [0.717, 1.165) is 36.9 Å². The first-order chi connectivity index (χ1) is 13.9. The van der Waals surface area contributed by atoms with Crippen molar-refractivity contribution in [1.82, 2.24) is 9.97 Å². The molecular formula is C22H27N5O2. The highest BCUT2D eigenvalue weighted by molar-refractivity contribution is 5.78. The van der Waals surface area contributed by atoms with Gasteiger partial charge in [0.15, 0.2) is 5.76 Å². The summed E-state index contributed by atoms with van der Waals surface area (Å²) in [5, 5.41) is 13.2. The second-order valence-corrected chi connectivity index (χ2v) is 8.20. The largest absolute Gasteiger partial charge is 0.454 e. The van der Waals surface area contributed by atoms with E-state index in [1.54, 1.807) is 50.7 Å². The molecule has 2 aliphatic rings. The van der Waals surface area contributed by atoms with E-state index >= 15 is 0 Å². The highest BCUT2D eigenvalue weighted by Crippen LogP contribution is 2.36. The average molecular weight is 393 g/mol. The summed E-state index contributed by atoms with van der Waals surface area (Å²) < 4.78 is 6.07. The molecule has 152 valence electrons. The van der Waals surface area contributed by atoms with Crippen molar-refractivity contribution < 1.29 is 9.84 Å². The van der Waals surface area contributed by atoms with E-state index in [4.69, 9.17) is 10.5 Å². The molecule has 0 aromatic carbocycles. The fourth-order valence-corrected chi connectivity index (χ4v) is 2.78. The molecule has 4 rings (SSSR count). The van der Waals surface area contributed by atoms with E-state index in [1.807, 2.05) is 6.07 Å². The predicted molar refractivity (Wildman–Crippen MR) is 113 cm³/mol. The Morgan fingerprint density at radius 1 is 1.21 bits per heavy atom. The second kappa shape index (κ2) is 7.83. The number of hydrogen-bond donors (Lipinski definition) is 3. The molecule has 0 spiro atoms. The molecule has 2 aromatic heterocycles. The molecular weight excluding hydrogens is 366 g/mol. The Morgan fingerprint density at radius 3 is 2.62 bits per heavy atom. The Bertz CT molecular complexity index is 923. The van der Waals surface area contributed by atoms with Crippen LogP contribution in [-0.2, 0) is 5.60 Å². The van der Waals surface area contributed by atoms with E-state index in [9.17, 15) is 5.11 Å². The fraction of sp³-hybridized carbons (Fsp3) is 0.409. The first kappa shape index (κ1) is 19.4. The van der Waals surface area contributed by atoms with E-state index in [0.29, 0.717) is 35.1 Å². The Hall–Kier alpha value is -2.93. The van der Waals surface area contributed by atoms with Gasteiger partial charge >= 0.3 is 0 Å². The summed E-state index contributed by atoms with van der Waals surface area (Å²) in [4.78, 5) is 13.2. The van der Waals surface area contributed by atoms with Crippen LogP contribution in [0.5, 0.6) is 5.75 Å². The van der Waals surface area contributed by atoms with Gasteiger partial charge in [-0.15, -0.1) is 0 Å². The van der Waals surface area contributed by atoms with Gasteiger partial charge in [0, 0.05) is 29.9 Å². The van der Waals surface area contributed by atoms with E-state index in [-0.39, 0.29) is 0 Å². The third kappa shape index (κ3) is 5.32. The van der Waals surface area contributed by atoms with Crippen LogP contribution >= 0.6 is 0 Å². The molecule has 0 amide bonds. The molecule has 2 fully saturated rings. The van der Waals surface area contributed by atoms with E-state index < -0.39 is 5.60 Å². The minimum atomic E-state index is -0.927. The van der Waals surface area contributed by atoms with Crippen LogP contribution in [0.25, 0.3) is 0 Å². The first-order valence-electron chi connectivity index (χ1n) is 10.0. The zero-order valence-corrected chi connectivity index (χ0v) is 16.8. The molecule has 0 radical (unpaired) electrons. The zero-order valence-electron chi connectivity index (χ0n) is 16.8. The molecule has 2 saturated carbocycles. The Labute approximate surface area is 170 Å². The van der Waals surface area contributed by atoms with Gasteiger partial charge in [-0.2, -0.15) is 0 Å². The van der Waals surface area contributed by atoms with Crippen LogP contribution in [0.3, 0.4) is 0 Å². The van der Waals surface area contributed by atoms with Crippen molar-refractivity contribution in [2.45, 2.75) is 51.2 Å². The topological polar surface area (TPSA) is 106 Å². The molecule has 7 nitrogen and oxygen atoms in total. The summed E-state index contributed by atoms with van der Waals surface area (Å²) in [6.45, 7) is 3.45. The number of pyridine rings is 2. The molecule has 0 unspecified atom stereocenters. The molecule has 2 aliphatic carbocycles. The van der Waals surface area contributed by atoms with E-state index in [1.165, 1.54) is 0 Å². The highest BCUT2D eigenvalue weighted by Gasteiger charge is 2.28. The Morgan fingerprint density at radius 2 is 2.00 bits per heavy atom. The molecule has 0 aliphatic heterocycles. The maximum Gasteiger partial charge on any atom is 0.164 e. The van der Waals surface area contributed by atoms with Crippen LogP contribution in [0, 0.1) is 5.92 Å². The summed E-state index contributed by atoms with van der Waals surface area (Å²) in [5.74, 6) is 2.90. The van der Waals surface area contributed by atoms with Gasteiger partial charge in [-0.1, -0.05) is 6.07 Å². The lowest BCUT2D eigenvalue weighted by atomic mass is 10.0. The lowest BCUT2D eigenvalue weighted by molar-refractivity contribution is 0.0782. The van der Waals surface area contributed by atoms with Gasteiger partial charge in [0.1, 0.15) is 17.4 Å². The van der Waals surface area contributed by atoms with Gasteiger partial charge in [-0.05, 0) is 51.7 Å². The first-order valence-corrected chi connectivity index (χ1v) is 10.0. The lowest BCUT2D eigenvalue weighted by Crippen LogP contribution is -2.15. The normalized spacial score (nSPS) is 17.9. The number of aliphatic hydroxyl groups is 1. The Kier molecular flexibility index (Phi) is 5.24. The molecule has 7 heteroatoms. The van der Waals surface area contributed by atoms with Crippen molar-refractivity contribution in [2.75, 3.05) is 5.32 Å². The summed E-state index contributed by atoms with van der Waals surface area (Å²) >= 11 is 0. The minimum absolute atomic E-state index is 0.397. The lowest BCUT2D eigenvalue weighted by Gasteiger charge is -2.17. The molecule has 29 heavy (non-hydrogen) atoms. The number of hydrogen-bond acceptors (Lipinski definition) is 7. The van der Waals surface area contributed by atoms with Gasteiger partial charge in [0.25, 0.3) is 0 Å². The number of anilines is 2. The van der Waals surface area contributed by atoms with Crippen LogP contribution in [0.2, 0.25) is 0 Å². The van der Waals surface area contributed by atoms with Gasteiger partial charge < -0.3 is 20.9 Å². The quantitative estimate of drug-likeness (QED) is 0.467. The van der Waals surface area contributed by atoms with Crippen molar-refractivity contribution in [3.8, 4) is 5.75 Å². The molecule has 2 aromatic rings. The monoisotopic (exact) mass is 393 g/mol. The van der Waals surface area contributed by atoms with Crippen LogP contribution < -0.4 is 15.8 Å². The summed E-state index contributed by atoms with van der Waals surface area (Å²) in [6.07, 6.45) is 9.57. The standard InChI is InChI=1S/C22H27N5O2/c1-22(2,28)15-5-8-19(26-12-15)27-20-11-17(9-10-24-20)29-18(13-25-16-6-7-16)21(23)14-3-4-14/h5,8-14,16,28H,3-4,6-7,23H2,1-2H3,(H,24,26,27). The third-order valence-corrected chi connectivity index (χ3v) is 4.94. The molecule has 0 saturated heterocycles. The maximum absolute atomic E-state index is 10.0. The Balaban J connectivity index is 1.48. The average Bonchev–Trinajstić information content (AvgIpc) is 3.58. The number of ether oxygens (including phenoxy) is 1. The van der Waals surface area contributed by atoms with Crippen molar-refractivity contribution in [2.24, 2.45) is 16.6 Å².